The van der Waals surface area contributed by atoms with Gasteiger partial charge in [-0.15, -0.1) is 0 Å². The molecule has 1 aromatic carbocycles. The topological polar surface area (TPSA) is 58.1 Å². The summed E-state index contributed by atoms with van der Waals surface area (Å²) in [6, 6.07) is 9.21. The molecule has 4 aliphatic rings. The van der Waals surface area contributed by atoms with Crippen molar-refractivity contribution in [2.45, 2.75) is 57.2 Å². The van der Waals surface area contributed by atoms with Crippen LogP contribution in [0.15, 0.2) is 29.3 Å². The van der Waals surface area contributed by atoms with Gasteiger partial charge in [0.15, 0.2) is 5.96 Å². The summed E-state index contributed by atoms with van der Waals surface area (Å²) in [5, 5.41) is 7.57. The highest BCUT2D eigenvalue weighted by atomic mass is 16.5. The van der Waals surface area contributed by atoms with Crippen molar-refractivity contribution in [2.24, 2.45) is 16.3 Å². The monoisotopic (exact) mass is 398 g/mol. The van der Waals surface area contributed by atoms with Crippen LogP contribution in [0.4, 0.5) is 5.69 Å². The van der Waals surface area contributed by atoms with E-state index >= 15 is 0 Å². The number of hydrogen-bond acceptors (Lipinski definition) is 4. The van der Waals surface area contributed by atoms with Gasteiger partial charge in [-0.2, -0.15) is 0 Å². The van der Waals surface area contributed by atoms with Gasteiger partial charge in [0.05, 0.1) is 18.9 Å². The molecule has 1 aromatic rings. The largest absolute Gasteiger partial charge is 0.495 e. The van der Waals surface area contributed by atoms with Crippen LogP contribution in [0.5, 0.6) is 5.75 Å². The van der Waals surface area contributed by atoms with E-state index in [0.717, 1.165) is 44.4 Å². The molecule has 0 radical (unpaired) electrons. The van der Waals surface area contributed by atoms with Crippen LogP contribution < -0.4 is 20.3 Å². The second kappa shape index (κ2) is 7.71. The minimum Gasteiger partial charge on any atom is -0.495 e. The fourth-order valence-electron chi connectivity index (χ4n) is 6.08. The first-order valence-corrected chi connectivity index (χ1v) is 11.3. The van der Waals surface area contributed by atoms with Crippen molar-refractivity contribution >= 4 is 11.6 Å². The highest BCUT2D eigenvalue weighted by Gasteiger charge is 2.66. The van der Waals surface area contributed by atoms with Crippen LogP contribution >= 0.6 is 0 Å². The fourth-order valence-corrected chi connectivity index (χ4v) is 6.08. The van der Waals surface area contributed by atoms with Crippen LogP contribution in [0.3, 0.4) is 0 Å². The van der Waals surface area contributed by atoms with Crippen molar-refractivity contribution in [2.75, 3.05) is 38.3 Å². The molecule has 29 heavy (non-hydrogen) atoms. The van der Waals surface area contributed by atoms with Gasteiger partial charge < -0.3 is 25.0 Å². The van der Waals surface area contributed by atoms with Crippen molar-refractivity contribution < 1.29 is 9.47 Å². The van der Waals surface area contributed by atoms with Crippen LogP contribution in [0.25, 0.3) is 0 Å². The Bertz CT molecular complexity index is 763. The van der Waals surface area contributed by atoms with Crippen LogP contribution in [-0.2, 0) is 4.74 Å². The lowest BCUT2D eigenvalue weighted by Crippen LogP contribution is -2.72. The Morgan fingerprint density at radius 3 is 2.90 bits per heavy atom. The molecule has 2 N–H and O–H groups in total. The van der Waals surface area contributed by atoms with Gasteiger partial charge in [0, 0.05) is 49.7 Å². The Balaban J connectivity index is 1.23. The van der Waals surface area contributed by atoms with Crippen LogP contribution in [-0.4, -0.2) is 57.5 Å². The number of anilines is 1. The normalized spacial score (nSPS) is 32.5. The summed E-state index contributed by atoms with van der Waals surface area (Å²) in [4.78, 5) is 7.20. The van der Waals surface area contributed by atoms with E-state index in [1.165, 1.54) is 31.4 Å². The van der Waals surface area contributed by atoms with Gasteiger partial charge in [-0.1, -0.05) is 18.6 Å². The molecule has 6 heteroatoms. The highest BCUT2D eigenvalue weighted by molar-refractivity contribution is 5.81. The van der Waals surface area contributed by atoms with E-state index in [9.17, 15) is 0 Å². The van der Waals surface area contributed by atoms with E-state index < -0.39 is 0 Å². The second-order valence-electron chi connectivity index (χ2n) is 9.02. The highest BCUT2D eigenvalue weighted by Crippen LogP contribution is 2.62. The summed E-state index contributed by atoms with van der Waals surface area (Å²) in [7, 11) is 1.75. The molecular weight excluding hydrogens is 364 g/mol. The van der Waals surface area contributed by atoms with Gasteiger partial charge in [0.2, 0.25) is 0 Å². The second-order valence-corrected chi connectivity index (χ2v) is 9.02. The molecule has 0 aromatic heterocycles. The quantitative estimate of drug-likeness (QED) is 0.590. The zero-order chi connectivity index (χ0) is 19.8. The summed E-state index contributed by atoms with van der Waals surface area (Å²) in [6.45, 7) is 5.83. The molecule has 2 aliphatic carbocycles. The van der Waals surface area contributed by atoms with Gasteiger partial charge in [-0.05, 0) is 44.7 Å². The number of ether oxygens (including phenoxy) is 2. The first kappa shape index (κ1) is 19.0. The molecule has 6 nitrogen and oxygen atoms in total. The number of guanidine groups is 1. The number of hydrogen-bond donors (Lipinski definition) is 2. The maximum atomic E-state index is 6.08. The Hall–Kier alpha value is -1.95. The van der Waals surface area contributed by atoms with Crippen molar-refractivity contribution in [1.29, 1.82) is 0 Å². The third-order valence-electron chi connectivity index (χ3n) is 7.60. The first-order valence-electron chi connectivity index (χ1n) is 11.3. The molecule has 2 saturated heterocycles. The van der Waals surface area contributed by atoms with Crippen molar-refractivity contribution in [1.82, 2.24) is 10.6 Å². The predicted octanol–water partition coefficient (Wildman–Crippen LogP) is 2.79. The minimum absolute atomic E-state index is 0.372. The number of nitrogens with one attached hydrogen (secondary N) is 2. The standard InChI is InChI=1S/C23H34N4O2/c1-3-24-22(26-20-17-10-14-29-21(17)23(20)11-6-12-23)25-16-9-13-27(15-16)18-7-4-5-8-19(18)28-2/h4-5,7-8,16-17,20-21H,3,6,9-15H2,1-2H3,(H2,24,25,26). The van der Waals surface area contributed by atoms with E-state index in [1.54, 1.807) is 7.11 Å². The van der Waals surface area contributed by atoms with Crippen molar-refractivity contribution in [3.63, 3.8) is 0 Å². The lowest BCUT2D eigenvalue weighted by molar-refractivity contribution is -0.171. The summed E-state index contributed by atoms with van der Waals surface area (Å²) >= 11 is 0. The first-order chi connectivity index (χ1) is 14.2. The van der Waals surface area contributed by atoms with Gasteiger partial charge in [-0.25, -0.2) is 0 Å². The zero-order valence-corrected chi connectivity index (χ0v) is 17.7. The van der Waals surface area contributed by atoms with Crippen LogP contribution in [0.1, 0.15) is 39.0 Å². The molecule has 0 bridgehead atoms. The molecule has 0 amide bonds. The van der Waals surface area contributed by atoms with Crippen LogP contribution in [0.2, 0.25) is 0 Å². The Morgan fingerprint density at radius 1 is 1.28 bits per heavy atom. The molecule has 2 aliphatic heterocycles. The average molecular weight is 399 g/mol. The summed E-state index contributed by atoms with van der Waals surface area (Å²) in [5.74, 6) is 2.59. The van der Waals surface area contributed by atoms with Crippen LogP contribution in [0, 0.1) is 11.3 Å². The summed E-state index contributed by atoms with van der Waals surface area (Å²) in [6.07, 6.45) is 6.73. The van der Waals surface area contributed by atoms with Gasteiger partial charge in [0.1, 0.15) is 5.75 Å². The van der Waals surface area contributed by atoms with E-state index in [1.807, 2.05) is 12.1 Å². The van der Waals surface area contributed by atoms with E-state index in [4.69, 9.17) is 14.5 Å². The lowest BCUT2D eigenvalue weighted by Gasteiger charge is -2.63. The smallest absolute Gasteiger partial charge is 0.191 e. The Kier molecular flexibility index (Phi) is 5.06. The summed E-state index contributed by atoms with van der Waals surface area (Å²) < 4.78 is 11.6. The molecule has 1 spiro atoms. The van der Waals surface area contributed by atoms with Gasteiger partial charge in [0.25, 0.3) is 0 Å². The van der Waals surface area contributed by atoms with E-state index in [2.05, 4.69) is 34.6 Å². The fraction of sp³-hybridized carbons (Fsp3) is 0.696. The van der Waals surface area contributed by atoms with Crippen molar-refractivity contribution in [3.05, 3.63) is 24.3 Å². The minimum atomic E-state index is 0.372. The number of benzene rings is 1. The molecule has 2 saturated carbocycles. The average Bonchev–Trinajstić information content (AvgIpc) is 3.33. The third kappa shape index (κ3) is 3.16. The van der Waals surface area contributed by atoms with Gasteiger partial charge >= 0.3 is 0 Å². The Morgan fingerprint density at radius 2 is 2.14 bits per heavy atom. The molecule has 4 atom stereocenters. The molecule has 5 rings (SSSR count). The maximum absolute atomic E-state index is 6.08. The molecule has 2 heterocycles. The maximum Gasteiger partial charge on any atom is 0.191 e. The number of fused-ring (bicyclic) bond motifs is 2. The number of nitrogens with zero attached hydrogens (tertiary/aromatic N) is 2. The zero-order valence-electron chi connectivity index (χ0n) is 17.7. The molecule has 158 valence electrons. The number of methoxy groups -OCH3 is 1. The van der Waals surface area contributed by atoms with E-state index in [0.29, 0.717) is 29.5 Å². The number of para-hydroxylation sites is 2. The molecule has 4 unspecified atom stereocenters. The summed E-state index contributed by atoms with van der Waals surface area (Å²) in [5.41, 5.74) is 1.55. The third-order valence-corrected chi connectivity index (χ3v) is 7.60. The van der Waals surface area contributed by atoms with Gasteiger partial charge in [-0.3, -0.25) is 4.99 Å². The number of rotatable bonds is 5. The van der Waals surface area contributed by atoms with Crippen molar-refractivity contribution in [3.8, 4) is 5.75 Å². The predicted molar refractivity (Wildman–Crippen MR) is 116 cm³/mol. The lowest BCUT2D eigenvalue weighted by atomic mass is 9.46. The molecular formula is C23H34N4O2. The number of aliphatic imine (C=N–C) groups is 1. The molecule has 4 fully saturated rings. The van der Waals surface area contributed by atoms with E-state index in [-0.39, 0.29) is 0 Å². The SMILES string of the molecule is CCN=C(NC1CCN(c2ccccc2OC)C1)NC1C2CCOC2C12CCC2. The Labute approximate surface area is 174 Å².